The van der Waals surface area contributed by atoms with Crippen LogP contribution in [-0.2, 0) is 13.1 Å². The first-order valence-electron chi connectivity index (χ1n) is 8.41. The van der Waals surface area contributed by atoms with Gasteiger partial charge in [-0.2, -0.15) is 0 Å². The van der Waals surface area contributed by atoms with Gasteiger partial charge in [0.2, 0.25) is 5.75 Å². The second kappa shape index (κ2) is 8.62. The molecule has 3 aromatic rings. The summed E-state index contributed by atoms with van der Waals surface area (Å²) in [5, 5.41) is 11.2. The van der Waals surface area contributed by atoms with E-state index in [4.69, 9.17) is 4.74 Å². The zero-order chi connectivity index (χ0) is 19.1. The van der Waals surface area contributed by atoms with Gasteiger partial charge >= 0.3 is 11.8 Å². The second-order valence-corrected chi connectivity index (χ2v) is 5.92. The number of ether oxygens (including phenoxy) is 1. The maximum absolute atomic E-state index is 12.8. The van der Waals surface area contributed by atoms with Gasteiger partial charge in [-0.25, -0.2) is 4.79 Å². The zero-order valence-corrected chi connectivity index (χ0v) is 14.5. The Labute approximate surface area is 156 Å². The van der Waals surface area contributed by atoms with Crippen molar-refractivity contribution in [3.05, 3.63) is 106 Å². The minimum Gasteiger partial charge on any atom is -0.403 e. The van der Waals surface area contributed by atoms with Crippen molar-refractivity contribution in [2.75, 3.05) is 0 Å². The number of nitro benzene ring substituents is 1. The van der Waals surface area contributed by atoms with E-state index < -0.39 is 11.0 Å². The van der Waals surface area contributed by atoms with E-state index in [2.05, 4.69) is 0 Å². The van der Waals surface area contributed by atoms with Crippen LogP contribution in [0, 0.1) is 10.1 Å². The summed E-state index contributed by atoms with van der Waals surface area (Å²) in [5.41, 5.74) is 1.63. The molecule has 0 atom stereocenters. The molecule has 0 aliphatic heterocycles. The van der Waals surface area contributed by atoms with Crippen LogP contribution in [0.2, 0.25) is 0 Å². The lowest BCUT2D eigenvalue weighted by molar-refractivity contribution is -0.385. The summed E-state index contributed by atoms with van der Waals surface area (Å²) in [6.45, 7) is 0.657. The van der Waals surface area contributed by atoms with Crippen LogP contribution in [0.4, 0.5) is 10.5 Å². The van der Waals surface area contributed by atoms with E-state index >= 15 is 0 Å². The van der Waals surface area contributed by atoms with Crippen molar-refractivity contribution in [2.45, 2.75) is 13.1 Å². The summed E-state index contributed by atoms with van der Waals surface area (Å²) in [7, 11) is 0. The minimum absolute atomic E-state index is 0.0707. The number of rotatable bonds is 6. The average molecular weight is 362 g/mol. The molecule has 136 valence electrons. The Bertz CT molecular complexity index is 872. The summed E-state index contributed by atoms with van der Waals surface area (Å²) in [4.78, 5) is 24.9. The molecule has 0 spiro atoms. The maximum atomic E-state index is 12.8. The molecule has 0 fully saturated rings. The number of benzene rings is 3. The van der Waals surface area contributed by atoms with Gasteiger partial charge in [-0.1, -0.05) is 72.8 Å². The molecule has 1 amide bonds. The Morgan fingerprint density at radius 3 is 1.81 bits per heavy atom. The fourth-order valence-corrected chi connectivity index (χ4v) is 2.65. The summed E-state index contributed by atoms with van der Waals surface area (Å²) < 4.78 is 5.36. The predicted molar refractivity (Wildman–Crippen MR) is 101 cm³/mol. The first-order valence-corrected chi connectivity index (χ1v) is 8.41. The number of nitrogens with zero attached hydrogens (tertiary/aromatic N) is 2. The van der Waals surface area contributed by atoms with Crippen LogP contribution in [0.25, 0.3) is 0 Å². The van der Waals surface area contributed by atoms with E-state index in [-0.39, 0.29) is 11.4 Å². The van der Waals surface area contributed by atoms with Crippen molar-refractivity contribution < 1.29 is 14.5 Å². The number of amides is 1. The normalized spacial score (nSPS) is 10.2. The highest BCUT2D eigenvalue weighted by atomic mass is 16.6. The zero-order valence-electron chi connectivity index (χ0n) is 14.5. The molecule has 3 aromatic carbocycles. The number of carbonyl (C=O) groups excluding carboxylic acids is 1. The molecule has 0 bridgehead atoms. The van der Waals surface area contributed by atoms with Gasteiger partial charge in [0.15, 0.2) is 0 Å². The van der Waals surface area contributed by atoms with Gasteiger partial charge in [-0.05, 0) is 17.2 Å². The van der Waals surface area contributed by atoms with Crippen molar-refractivity contribution >= 4 is 11.8 Å². The Morgan fingerprint density at radius 2 is 1.30 bits per heavy atom. The summed E-state index contributed by atoms with van der Waals surface area (Å²) in [6.07, 6.45) is -0.642. The lowest BCUT2D eigenvalue weighted by atomic mass is 10.2. The Morgan fingerprint density at radius 1 is 0.815 bits per heavy atom. The minimum atomic E-state index is -0.642. The number of para-hydroxylation sites is 2. The third kappa shape index (κ3) is 4.92. The SMILES string of the molecule is O=C(Oc1ccccc1[N+](=O)[O-])N(Cc1ccccc1)Cc1ccccc1. The predicted octanol–water partition coefficient (Wildman–Crippen LogP) is 4.80. The molecule has 0 aliphatic rings. The summed E-state index contributed by atoms with van der Waals surface area (Å²) in [5.74, 6) is -0.0707. The van der Waals surface area contributed by atoms with E-state index in [0.29, 0.717) is 13.1 Å². The van der Waals surface area contributed by atoms with E-state index in [1.54, 1.807) is 6.07 Å². The first-order chi connectivity index (χ1) is 13.1. The third-order valence-corrected chi connectivity index (χ3v) is 3.95. The molecule has 0 saturated heterocycles. The lowest BCUT2D eigenvalue weighted by Crippen LogP contribution is -2.32. The van der Waals surface area contributed by atoms with Crippen LogP contribution in [-0.4, -0.2) is 15.9 Å². The molecular formula is C21H18N2O4. The number of nitro groups is 1. The second-order valence-electron chi connectivity index (χ2n) is 5.92. The molecule has 0 radical (unpaired) electrons. The van der Waals surface area contributed by atoms with E-state index in [1.165, 1.54) is 23.1 Å². The topological polar surface area (TPSA) is 72.7 Å². The molecular weight excluding hydrogens is 344 g/mol. The third-order valence-electron chi connectivity index (χ3n) is 3.95. The van der Waals surface area contributed by atoms with Gasteiger partial charge in [0, 0.05) is 19.2 Å². The van der Waals surface area contributed by atoms with Crippen molar-refractivity contribution in [1.29, 1.82) is 0 Å². The average Bonchev–Trinajstić information content (AvgIpc) is 2.69. The van der Waals surface area contributed by atoms with Gasteiger partial charge in [0.25, 0.3) is 0 Å². The van der Waals surface area contributed by atoms with Gasteiger partial charge in [0.1, 0.15) is 0 Å². The molecule has 3 rings (SSSR count). The molecule has 6 nitrogen and oxygen atoms in total. The van der Waals surface area contributed by atoms with E-state index in [9.17, 15) is 14.9 Å². The number of hydrogen-bond donors (Lipinski definition) is 0. The molecule has 0 aliphatic carbocycles. The highest BCUT2D eigenvalue weighted by molar-refractivity contribution is 5.72. The van der Waals surface area contributed by atoms with Gasteiger partial charge < -0.3 is 4.74 Å². The Kier molecular flexibility index (Phi) is 5.79. The van der Waals surface area contributed by atoms with Crippen molar-refractivity contribution in [1.82, 2.24) is 4.90 Å². The summed E-state index contributed by atoms with van der Waals surface area (Å²) >= 11 is 0. The monoisotopic (exact) mass is 362 g/mol. The fourth-order valence-electron chi connectivity index (χ4n) is 2.65. The molecule has 0 heterocycles. The molecule has 0 aromatic heterocycles. The molecule has 27 heavy (non-hydrogen) atoms. The quantitative estimate of drug-likeness (QED) is 0.466. The highest BCUT2D eigenvalue weighted by Crippen LogP contribution is 2.27. The van der Waals surface area contributed by atoms with Crippen LogP contribution in [0.1, 0.15) is 11.1 Å². The Balaban J connectivity index is 1.83. The maximum Gasteiger partial charge on any atom is 0.416 e. The largest absolute Gasteiger partial charge is 0.416 e. The molecule has 0 N–H and O–H groups in total. The van der Waals surface area contributed by atoms with Gasteiger partial charge in [-0.15, -0.1) is 0 Å². The number of hydrogen-bond acceptors (Lipinski definition) is 4. The van der Waals surface area contributed by atoms with Crippen LogP contribution < -0.4 is 4.74 Å². The van der Waals surface area contributed by atoms with Crippen molar-refractivity contribution in [3.63, 3.8) is 0 Å². The van der Waals surface area contributed by atoms with Crippen LogP contribution in [0.15, 0.2) is 84.9 Å². The number of carbonyl (C=O) groups is 1. The van der Waals surface area contributed by atoms with Crippen molar-refractivity contribution in [2.24, 2.45) is 0 Å². The smallest absolute Gasteiger partial charge is 0.403 e. The van der Waals surface area contributed by atoms with E-state index in [1.807, 2.05) is 60.7 Å². The van der Waals surface area contributed by atoms with Crippen LogP contribution in [0.3, 0.4) is 0 Å². The first kappa shape index (κ1) is 18.1. The molecule has 0 unspecified atom stereocenters. The highest BCUT2D eigenvalue weighted by Gasteiger charge is 2.22. The van der Waals surface area contributed by atoms with E-state index in [0.717, 1.165) is 11.1 Å². The molecule has 0 saturated carbocycles. The van der Waals surface area contributed by atoms with Crippen LogP contribution in [0.5, 0.6) is 5.75 Å². The Hall–Kier alpha value is -3.67. The van der Waals surface area contributed by atoms with Gasteiger partial charge in [-0.3, -0.25) is 15.0 Å². The van der Waals surface area contributed by atoms with Crippen molar-refractivity contribution in [3.8, 4) is 5.75 Å². The fraction of sp³-hybridized carbons (Fsp3) is 0.0952. The van der Waals surface area contributed by atoms with Crippen LogP contribution >= 0.6 is 0 Å². The standard InChI is InChI=1S/C21H18N2O4/c24-21(27-20-14-8-7-13-19(20)23(25)26)22(15-17-9-3-1-4-10-17)16-18-11-5-2-6-12-18/h1-14H,15-16H2. The molecule has 6 heteroatoms. The van der Waals surface area contributed by atoms with Gasteiger partial charge in [0.05, 0.1) is 4.92 Å². The lowest BCUT2D eigenvalue weighted by Gasteiger charge is -2.22. The summed E-state index contributed by atoms with van der Waals surface area (Å²) in [6, 6.07) is 24.9.